The first-order valence-corrected chi connectivity index (χ1v) is 7.43. The van der Waals surface area contributed by atoms with E-state index in [4.69, 9.17) is 4.74 Å². The van der Waals surface area contributed by atoms with E-state index in [1.54, 1.807) is 12.1 Å². The Kier molecular flexibility index (Phi) is 7.60. The number of hydrogen-bond donors (Lipinski definition) is 1. The summed E-state index contributed by atoms with van der Waals surface area (Å²) in [5.41, 5.74) is 0.619. The van der Waals surface area contributed by atoms with Crippen molar-refractivity contribution < 1.29 is 13.9 Å². The van der Waals surface area contributed by atoms with Gasteiger partial charge in [-0.3, -0.25) is 4.79 Å². The average Bonchev–Trinajstić information content (AvgIpc) is 2.49. The average molecular weight is 308 g/mol. The number of carbonyl (C=O) groups excluding carboxylic acids is 1. The van der Waals surface area contributed by atoms with E-state index in [0.717, 1.165) is 13.0 Å². The summed E-state index contributed by atoms with van der Waals surface area (Å²) >= 11 is 0. The van der Waals surface area contributed by atoms with Gasteiger partial charge in [0.05, 0.1) is 7.11 Å². The van der Waals surface area contributed by atoms with E-state index in [-0.39, 0.29) is 11.7 Å². The van der Waals surface area contributed by atoms with Crippen LogP contribution in [0, 0.1) is 5.82 Å². The SMILES string of the molecule is COc1ccc(C=CC(=O)NCCCN(C)C(C)C)cc1F. The quantitative estimate of drug-likeness (QED) is 0.593. The molecule has 0 aliphatic carbocycles. The number of carbonyl (C=O) groups is 1. The van der Waals surface area contributed by atoms with Crippen LogP contribution in [0.15, 0.2) is 24.3 Å². The van der Waals surface area contributed by atoms with Gasteiger partial charge in [0.1, 0.15) is 0 Å². The van der Waals surface area contributed by atoms with Gasteiger partial charge in [0.2, 0.25) is 5.91 Å². The predicted molar refractivity (Wildman–Crippen MR) is 87.4 cm³/mol. The highest BCUT2D eigenvalue weighted by Gasteiger charge is 2.03. The Bertz CT molecular complexity index is 515. The van der Waals surface area contributed by atoms with E-state index >= 15 is 0 Å². The Balaban J connectivity index is 2.37. The molecule has 0 aliphatic rings. The zero-order valence-corrected chi connectivity index (χ0v) is 13.7. The van der Waals surface area contributed by atoms with Crippen molar-refractivity contribution in [1.82, 2.24) is 10.2 Å². The lowest BCUT2D eigenvalue weighted by atomic mass is 10.2. The van der Waals surface area contributed by atoms with Crippen LogP contribution < -0.4 is 10.1 Å². The van der Waals surface area contributed by atoms with Crippen LogP contribution in [0.1, 0.15) is 25.8 Å². The zero-order chi connectivity index (χ0) is 16.5. The first-order chi connectivity index (χ1) is 10.4. The second kappa shape index (κ2) is 9.20. The van der Waals surface area contributed by atoms with Gasteiger partial charge in [0, 0.05) is 18.7 Å². The fourth-order valence-corrected chi connectivity index (χ4v) is 1.82. The first kappa shape index (κ1) is 18.2. The molecule has 0 heterocycles. The van der Waals surface area contributed by atoms with E-state index in [1.165, 1.54) is 25.3 Å². The smallest absolute Gasteiger partial charge is 0.243 e. The first-order valence-electron chi connectivity index (χ1n) is 7.43. The summed E-state index contributed by atoms with van der Waals surface area (Å²) in [4.78, 5) is 13.9. The van der Waals surface area contributed by atoms with Gasteiger partial charge in [0.15, 0.2) is 11.6 Å². The summed E-state index contributed by atoms with van der Waals surface area (Å²) in [6, 6.07) is 5.07. The van der Waals surface area contributed by atoms with E-state index in [1.807, 2.05) is 0 Å². The van der Waals surface area contributed by atoms with E-state index in [2.05, 4.69) is 31.1 Å². The topological polar surface area (TPSA) is 41.6 Å². The van der Waals surface area contributed by atoms with Crippen LogP contribution in [-0.4, -0.2) is 44.1 Å². The van der Waals surface area contributed by atoms with Gasteiger partial charge in [-0.05, 0) is 57.6 Å². The van der Waals surface area contributed by atoms with Crippen LogP contribution in [-0.2, 0) is 4.79 Å². The third-order valence-corrected chi connectivity index (χ3v) is 3.47. The molecule has 0 aliphatic heterocycles. The summed E-state index contributed by atoms with van der Waals surface area (Å²) < 4.78 is 18.3. The lowest BCUT2D eigenvalue weighted by Crippen LogP contribution is -2.30. The number of nitrogens with one attached hydrogen (secondary N) is 1. The van der Waals surface area contributed by atoms with Crippen LogP contribution in [0.5, 0.6) is 5.75 Å². The second-order valence-corrected chi connectivity index (χ2v) is 5.45. The molecule has 4 nitrogen and oxygen atoms in total. The number of amides is 1. The molecule has 1 rings (SSSR count). The van der Waals surface area contributed by atoms with Crippen molar-refractivity contribution in [3.63, 3.8) is 0 Å². The molecular weight excluding hydrogens is 283 g/mol. The maximum Gasteiger partial charge on any atom is 0.243 e. The number of halogens is 1. The van der Waals surface area contributed by atoms with Crippen molar-refractivity contribution in [2.45, 2.75) is 26.3 Å². The van der Waals surface area contributed by atoms with E-state index in [0.29, 0.717) is 18.2 Å². The molecule has 0 spiro atoms. The minimum Gasteiger partial charge on any atom is -0.494 e. The Labute approximate surface area is 132 Å². The van der Waals surface area contributed by atoms with Crippen molar-refractivity contribution in [2.24, 2.45) is 0 Å². The van der Waals surface area contributed by atoms with Gasteiger partial charge >= 0.3 is 0 Å². The third-order valence-electron chi connectivity index (χ3n) is 3.47. The number of ether oxygens (including phenoxy) is 1. The summed E-state index contributed by atoms with van der Waals surface area (Å²) in [6.45, 7) is 5.83. The standard InChI is InChI=1S/C17H25FN2O2/c1-13(2)20(3)11-5-10-19-17(21)9-7-14-6-8-16(22-4)15(18)12-14/h6-9,12-13H,5,10-11H2,1-4H3,(H,19,21). The van der Waals surface area contributed by atoms with Gasteiger partial charge in [-0.1, -0.05) is 6.07 Å². The number of rotatable bonds is 8. The summed E-state index contributed by atoms with van der Waals surface area (Å²) in [6.07, 6.45) is 3.89. The highest BCUT2D eigenvalue weighted by molar-refractivity contribution is 5.91. The molecule has 0 saturated heterocycles. The van der Waals surface area contributed by atoms with Crippen LogP contribution in [0.2, 0.25) is 0 Å². The Morgan fingerprint density at radius 1 is 1.45 bits per heavy atom. The van der Waals surface area contributed by atoms with Crippen LogP contribution in [0.4, 0.5) is 4.39 Å². The van der Waals surface area contributed by atoms with Crippen molar-refractivity contribution in [3.05, 3.63) is 35.7 Å². The Morgan fingerprint density at radius 3 is 2.77 bits per heavy atom. The maximum absolute atomic E-state index is 13.5. The Morgan fingerprint density at radius 2 is 2.18 bits per heavy atom. The molecule has 1 aromatic carbocycles. The summed E-state index contributed by atoms with van der Waals surface area (Å²) in [7, 11) is 3.47. The van der Waals surface area contributed by atoms with Gasteiger partial charge in [-0.2, -0.15) is 0 Å². The minimum absolute atomic E-state index is 0.177. The highest BCUT2D eigenvalue weighted by Crippen LogP contribution is 2.18. The molecule has 1 amide bonds. The minimum atomic E-state index is -0.443. The fraction of sp³-hybridized carbons (Fsp3) is 0.471. The normalized spacial score (nSPS) is 11.4. The molecule has 1 N–H and O–H groups in total. The summed E-state index contributed by atoms with van der Waals surface area (Å²) in [5.74, 6) is -0.430. The fourth-order valence-electron chi connectivity index (χ4n) is 1.82. The molecule has 0 atom stereocenters. The van der Waals surface area contributed by atoms with Crippen molar-refractivity contribution in [2.75, 3.05) is 27.2 Å². The largest absolute Gasteiger partial charge is 0.494 e. The Hall–Kier alpha value is -1.88. The highest BCUT2D eigenvalue weighted by atomic mass is 19.1. The number of benzene rings is 1. The molecule has 22 heavy (non-hydrogen) atoms. The van der Waals surface area contributed by atoms with Crippen molar-refractivity contribution in [1.29, 1.82) is 0 Å². The maximum atomic E-state index is 13.5. The van der Waals surface area contributed by atoms with E-state index in [9.17, 15) is 9.18 Å². The molecule has 0 radical (unpaired) electrons. The van der Waals surface area contributed by atoms with Gasteiger partial charge in [-0.25, -0.2) is 4.39 Å². The molecule has 0 saturated carbocycles. The van der Waals surface area contributed by atoms with Crippen LogP contribution >= 0.6 is 0 Å². The third kappa shape index (κ3) is 6.26. The monoisotopic (exact) mass is 308 g/mol. The van der Waals surface area contributed by atoms with Crippen molar-refractivity contribution >= 4 is 12.0 Å². The molecule has 0 unspecified atom stereocenters. The molecule has 0 bridgehead atoms. The molecule has 1 aromatic rings. The molecule has 122 valence electrons. The zero-order valence-electron chi connectivity index (χ0n) is 13.7. The lowest BCUT2D eigenvalue weighted by molar-refractivity contribution is -0.116. The van der Waals surface area contributed by atoms with Crippen molar-refractivity contribution in [3.8, 4) is 5.75 Å². The predicted octanol–water partition coefficient (Wildman–Crippen LogP) is 2.69. The lowest BCUT2D eigenvalue weighted by Gasteiger charge is -2.20. The van der Waals surface area contributed by atoms with Gasteiger partial charge < -0.3 is 15.0 Å². The molecule has 5 heteroatoms. The number of methoxy groups -OCH3 is 1. The van der Waals surface area contributed by atoms with Gasteiger partial charge in [0.25, 0.3) is 0 Å². The molecular formula is C17H25FN2O2. The number of nitrogens with zero attached hydrogens (tertiary/aromatic N) is 1. The van der Waals surface area contributed by atoms with Gasteiger partial charge in [-0.15, -0.1) is 0 Å². The van der Waals surface area contributed by atoms with E-state index < -0.39 is 5.82 Å². The van der Waals surface area contributed by atoms with Crippen LogP contribution in [0.25, 0.3) is 6.08 Å². The second-order valence-electron chi connectivity index (χ2n) is 5.45. The van der Waals surface area contributed by atoms with Crippen LogP contribution in [0.3, 0.4) is 0 Å². The molecule has 0 aromatic heterocycles. The number of hydrogen-bond acceptors (Lipinski definition) is 3. The molecule has 0 fully saturated rings. The summed E-state index contributed by atoms with van der Waals surface area (Å²) in [5, 5.41) is 2.81.